The summed E-state index contributed by atoms with van der Waals surface area (Å²) in [5.41, 5.74) is 7.09. The molecule has 2 nitrogen and oxygen atoms in total. The molecule has 0 heterocycles. The number of ether oxygens (including phenoxy) is 1. The van der Waals surface area contributed by atoms with Gasteiger partial charge in [-0.25, -0.2) is 0 Å². The van der Waals surface area contributed by atoms with Crippen molar-refractivity contribution in [2.45, 2.75) is 39.7 Å². The van der Waals surface area contributed by atoms with E-state index in [1.54, 1.807) is 0 Å². The molecular formula is C22H28O2. The zero-order chi connectivity index (χ0) is 17.4. The van der Waals surface area contributed by atoms with E-state index in [0.29, 0.717) is 19.6 Å². The van der Waals surface area contributed by atoms with Crippen LogP contribution in [0.5, 0.6) is 0 Å². The second kappa shape index (κ2) is 9.41. The van der Waals surface area contributed by atoms with E-state index >= 15 is 0 Å². The van der Waals surface area contributed by atoms with Crippen LogP contribution in [-0.4, -0.2) is 18.3 Å². The third kappa shape index (κ3) is 5.33. The van der Waals surface area contributed by atoms with Gasteiger partial charge in [-0.3, -0.25) is 0 Å². The Morgan fingerprint density at radius 2 is 1.75 bits per heavy atom. The Kier molecular flexibility index (Phi) is 7.23. The first-order chi connectivity index (χ1) is 11.6. The molecule has 0 radical (unpaired) electrons. The molecule has 0 aromatic heterocycles. The molecule has 2 aromatic rings. The van der Waals surface area contributed by atoms with Crippen molar-refractivity contribution in [1.29, 1.82) is 0 Å². The summed E-state index contributed by atoms with van der Waals surface area (Å²) < 4.78 is 5.78. The van der Waals surface area contributed by atoms with Crippen molar-refractivity contribution in [2.24, 2.45) is 0 Å². The molecule has 0 unspecified atom stereocenters. The highest BCUT2D eigenvalue weighted by molar-refractivity contribution is 5.68. The smallest absolute Gasteiger partial charge is 0.0727 e. The van der Waals surface area contributed by atoms with Crippen LogP contribution in [0, 0.1) is 0 Å². The first-order valence-corrected chi connectivity index (χ1v) is 8.68. The molecule has 0 aliphatic heterocycles. The molecule has 1 N–H and O–H groups in total. The lowest BCUT2D eigenvalue weighted by Gasteiger charge is -2.13. The molecule has 0 saturated heterocycles. The maximum atomic E-state index is 9.18. The first-order valence-electron chi connectivity index (χ1n) is 8.68. The second-order valence-corrected chi connectivity index (χ2v) is 6.36. The van der Waals surface area contributed by atoms with Crippen LogP contribution in [-0.2, 0) is 24.2 Å². The molecule has 128 valence electrons. The number of hydrogen-bond donors (Lipinski definition) is 1. The van der Waals surface area contributed by atoms with Crippen LogP contribution >= 0.6 is 0 Å². The Hall–Kier alpha value is -1.90. The van der Waals surface area contributed by atoms with Crippen molar-refractivity contribution in [1.82, 2.24) is 0 Å². The molecule has 0 aliphatic carbocycles. The van der Waals surface area contributed by atoms with Gasteiger partial charge in [0, 0.05) is 6.61 Å². The molecule has 0 atom stereocenters. The molecule has 0 aliphatic rings. The van der Waals surface area contributed by atoms with Crippen molar-refractivity contribution >= 4 is 0 Å². The van der Waals surface area contributed by atoms with E-state index in [1.807, 2.05) is 6.92 Å². The summed E-state index contributed by atoms with van der Waals surface area (Å²) in [5.74, 6) is 0. The van der Waals surface area contributed by atoms with E-state index in [2.05, 4.69) is 56.0 Å². The highest BCUT2D eigenvalue weighted by Gasteiger charge is 2.07. The summed E-state index contributed by atoms with van der Waals surface area (Å²) in [6.07, 6.45) is 2.95. The minimum absolute atomic E-state index is 0.164. The topological polar surface area (TPSA) is 29.5 Å². The third-order valence-corrected chi connectivity index (χ3v) is 3.98. The molecule has 24 heavy (non-hydrogen) atoms. The van der Waals surface area contributed by atoms with Gasteiger partial charge in [-0.05, 0) is 47.6 Å². The third-order valence-electron chi connectivity index (χ3n) is 3.98. The van der Waals surface area contributed by atoms with E-state index in [-0.39, 0.29) is 6.61 Å². The minimum atomic E-state index is 0.164. The number of rotatable bonds is 9. The molecule has 0 bridgehead atoms. The number of aliphatic hydroxyl groups excluding tert-OH is 1. The van der Waals surface area contributed by atoms with Crippen molar-refractivity contribution in [3.8, 4) is 11.1 Å². The predicted octanol–water partition coefficient (Wildman–Crippen LogP) is 4.93. The molecule has 0 spiro atoms. The van der Waals surface area contributed by atoms with Gasteiger partial charge in [0.25, 0.3) is 0 Å². The fourth-order valence-corrected chi connectivity index (χ4v) is 2.81. The summed E-state index contributed by atoms with van der Waals surface area (Å²) in [6.45, 7) is 9.34. The highest BCUT2D eigenvalue weighted by Crippen LogP contribution is 2.26. The van der Waals surface area contributed by atoms with E-state index in [9.17, 15) is 5.11 Å². The Morgan fingerprint density at radius 1 is 1.04 bits per heavy atom. The lowest BCUT2D eigenvalue weighted by atomic mass is 9.96. The average Bonchev–Trinajstić information content (AvgIpc) is 2.56. The van der Waals surface area contributed by atoms with Crippen molar-refractivity contribution in [2.75, 3.05) is 13.2 Å². The van der Waals surface area contributed by atoms with Gasteiger partial charge >= 0.3 is 0 Å². The van der Waals surface area contributed by atoms with Crippen LogP contribution in [0.3, 0.4) is 0 Å². The average molecular weight is 324 g/mol. The molecule has 0 fully saturated rings. The number of aryl methyl sites for hydroxylation is 1. The van der Waals surface area contributed by atoms with Gasteiger partial charge in [0.1, 0.15) is 0 Å². The van der Waals surface area contributed by atoms with Gasteiger partial charge in [0.15, 0.2) is 0 Å². The van der Waals surface area contributed by atoms with E-state index in [0.717, 1.165) is 29.5 Å². The van der Waals surface area contributed by atoms with Crippen molar-refractivity contribution in [3.05, 3.63) is 71.3 Å². The standard InChI is InChI=1S/C22H28O2/c1-4-5-18-6-9-20(10-7-18)22-11-8-19(12-13-23)14-21(22)16-24-15-17(2)3/h6-11,14,23H,2,4-5,12-13,15-16H2,1,3H3. The van der Waals surface area contributed by atoms with Crippen LogP contribution in [0.2, 0.25) is 0 Å². The van der Waals surface area contributed by atoms with E-state index in [4.69, 9.17) is 4.74 Å². The Morgan fingerprint density at radius 3 is 2.38 bits per heavy atom. The zero-order valence-corrected chi connectivity index (χ0v) is 14.8. The first kappa shape index (κ1) is 18.4. The lowest BCUT2D eigenvalue weighted by molar-refractivity contribution is 0.143. The SMILES string of the molecule is C=C(C)COCc1cc(CCO)ccc1-c1ccc(CCC)cc1. The van der Waals surface area contributed by atoms with Crippen molar-refractivity contribution in [3.63, 3.8) is 0 Å². The molecule has 2 rings (SSSR count). The van der Waals surface area contributed by atoms with Crippen LogP contribution in [0.4, 0.5) is 0 Å². The predicted molar refractivity (Wildman–Crippen MR) is 101 cm³/mol. The van der Waals surface area contributed by atoms with Gasteiger partial charge in [-0.2, -0.15) is 0 Å². The van der Waals surface area contributed by atoms with Gasteiger partial charge in [-0.1, -0.05) is 68.0 Å². The lowest BCUT2D eigenvalue weighted by Crippen LogP contribution is -2.00. The zero-order valence-electron chi connectivity index (χ0n) is 14.8. The number of aliphatic hydroxyl groups is 1. The summed E-state index contributed by atoms with van der Waals surface area (Å²) in [7, 11) is 0. The van der Waals surface area contributed by atoms with E-state index < -0.39 is 0 Å². The van der Waals surface area contributed by atoms with Crippen LogP contribution in [0.25, 0.3) is 11.1 Å². The minimum Gasteiger partial charge on any atom is -0.396 e. The number of hydrogen-bond acceptors (Lipinski definition) is 2. The Labute approximate surface area is 145 Å². The van der Waals surface area contributed by atoms with Gasteiger partial charge in [0.05, 0.1) is 13.2 Å². The molecular weight excluding hydrogens is 296 g/mol. The maximum Gasteiger partial charge on any atom is 0.0727 e. The largest absolute Gasteiger partial charge is 0.396 e. The fourth-order valence-electron chi connectivity index (χ4n) is 2.81. The second-order valence-electron chi connectivity index (χ2n) is 6.36. The monoisotopic (exact) mass is 324 g/mol. The van der Waals surface area contributed by atoms with Crippen LogP contribution < -0.4 is 0 Å². The molecule has 0 amide bonds. The Balaban J connectivity index is 2.26. The summed E-state index contributed by atoms with van der Waals surface area (Å²) in [4.78, 5) is 0. The fraction of sp³-hybridized carbons (Fsp3) is 0.364. The van der Waals surface area contributed by atoms with Gasteiger partial charge in [0.2, 0.25) is 0 Å². The Bertz CT molecular complexity index is 656. The van der Waals surface area contributed by atoms with Crippen LogP contribution in [0.15, 0.2) is 54.6 Å². The molecule has 2 heteroatoms. The highest BCUT2D eigenvalue weighted by atomic mass is 16.5. The summed E-state index contributed by atoms with van der Waals surface area (Å²) in [6, 6.07) is 15.2. The normalized spacial score (nSPS) is 10.8. The molecule has 2 aromatic carbocycles. The van der Waals surface area contributed by atoms with E-state index in [1.165, 1.54) is 16.7 Å². The maximum absolute atomic E-state index is 9.18. The van der Waals surface area contributed by atoms with Gasteiger partial charge in [-0.15, -0.1) is 0 Å². The van der Waals surface area contributed by atoms with Crippen LogP contribution in [0.1, 0.15) is 37.0 Å². The summed E-state index contributed by atoms with van der Waals surface area (Å²) in [5, 5.41) is 9.18. The summed E-state index contributed by atoms with van der Waals surface area (Å²) >= 11 is 0. The van der Waals surface area contributed by atoms with Crippen molar-refractivity contribution < 1.29 is 9.84 Å². The quantitative estimate of drug-likeness (QED) is 0.662. The number of benzene rings is 2. The molecule has 0 saturated carbocycles. The van der Waals surface area contributed by atoms with Gasteiger partial charge < -0.3 is 9.84 Å².